The largest absolute Gasteiger partial charge is 0.303 e. The summed E-state index contributed by atoms with van der Waals surface area (Å²) in [6.45, 7) is 8.81. The Bertz CT molecular complexity index is 667. The average Bonchev–Trinajstić information content (AvgIpc) is 3.09. The van der Waals surface area contributed by atoms with Crippen molar-refractivity contribution in [1.82, 2.24) is 19.6 Å². The lowest BCUT2D eigenvalue weighted by atomic mass is 9.97. The van der Waals surface area contributed by atoms with Crippen LogP contribution in [0, 0.1) is 5.92 Å². The van der Waals surface area contributed by atoms with Crippen LogP contribution in [0.5, 0.6) is 0 Å². The fourth-order valence-corrected chi connectivity index (χ4v) is 4.05. The van der Waals surface area contributed by atoms with Gasteiger partial charge in [0.25, 0.3) is 0 Å². The van der Waals surface area contributed by atoms with E-state index in [4.69, 9.17) is 11.6 Å². The highest BCUT2D eigenvalue weighted by atomic mass is 35.5. The number of aryl methyl sites for hydroxylation is 1. The highest BCUT2D eigenvalue weighted by molar-refractivity contribution is 6.30. The average molecular weight is 375 g/mol. The van der Waals surface area contributed by atoms with Crippen LogP contribution in [0.2, 0.25) is 5.02 Å². The summed E-state index contributed by atoms with van der Waals surface area (Å²) >= 11 is 5.98. The molecule has 1 saturated heterocycles. The van der Waals surface area contributed by atoms with E-state index in [1.54, 1.807) is 0 Å². The van der Waals surface area contributed by atoms with Crippen LogP contribution in [0.25, 0.3) is 0 Å². The lowest BCUT2D eigenvalue weighted by Crippen LogP contribution is -2.40. The van der Waals surface area contributed by atoms with Crippen LogP contribution in [-0.4, -0.2) is 52.8 Å². The molecule has 5 heteroatoms. The first-order valence-corrected chi connectivity index (χ1v) is 10.2. The summed E-state index contributed by atoms with van der Waals surface area (Å²) in [4.78, 5) is 5.08. The van der Waals surface area contributed by atoms with Gasteiger partial charge in [0, 0.05) is 49.5 Å². The maximum Gasteiger partial charge on any atom is 0.0534 e. The lowest BCUT2D eigenvalue weighted by Gasteiger charge is -2.34. The van der Waals surface area contributed by atoms with Crippen molar-refractivity contribution in [1.29, 1.82) is 0 Å². The zero-order valence-electron chi connectivity index (χ0n) is 16.1. The number of rotatable bonds is 8. The molecule has 1 atom stereocenters. The molecule has 1 aromatic carbocycles. The molecule has 142 valence electrons. The zero-order chi connectivity index (χ0) is 18.4. The van der Waals surface area contributed by atoms with Crippen molar-refractivity contribution in [3.05, 3.63) is 52.8 Å². The van der Waals surface area contributed by atoms with E-state index in [0.29, 0.717) is 0 Å². The lowest BCUT2D eigenvalue weighted by molar-refractivity contribution is 0.142. The minimum absolute atomic E-state index is 0.764. The molecule has 2 aromatic rings. The van der Waals surface area contributed by atoms with Crippen molar-refractivity contribution >= 4 is 11.6 Å². The summed E-state index contributed by atoms with van der Waals surface area (Å²) in [6, 6.07) is 8.28. The molecule has 1 aliphatic rings. The van der Waals surface area contributed by atoms with E-state index in [-0.39, 0.29) is 0 Å². The molecule has 0 aliphatic carbocycles. The predicted octanol–water partition coefficient (Wildman–Crippen LogP) is 3.94. The zero-order valence-corrected chi connectivity index (χ0v) is 16.8. The Kier molecular flexibility index (Phi) is 7.12. The minimum atomic E-state index is 0.764. The van der Waals surface area contributed by atoms with E-state index in [1.807, 2.05) is 23.0 Å². The quantitative estimate of drug-likeness (QED) is 0.699. The molecule has 1 fully saturated rings. The summed E-state index contributed by atoms with van der Waals surface area (Å²) in [5.41, 5.74) is 2.69. The van der Waals surface area contributed by atoms with Crippen LogP contribution in [0.15, 0.2) is 36.7 Å². The molecule has 26 heavy (non-hydrogen) atoms. The second kappa shape index (κ2) is 9.54. The van der Waals surface area contributed by atoms with Crippen LogP contribution >= 0.6 is 11.6 Å². The van der Waals surface area contributed by atoms with Gasteiger partial charge < -0.3 is 9.80 Å². The van der Waals surface area contributed by atoms with E-state index >= 15 is 0 Å². The summed E-state index contributed by atoms with van der Waals surface area (Å²) in [7, 11) is 2.23. The molecule has 4 nitrogen and oxygen atoms in total. The third-order valence-electron chi connectivity index (χ3n) is 5.27. The third-order valence-corrected chi connectivity index (χ3v) is 5.52. The smallest absolute Gasteiger partial charge is 0.0534 e. The molecule has 0 spiro atoms. The van der Waals surface area contributed by atoms with E-state index in [0.717, 1.165) is 43.5 Å². The van der Waals surface area contributed by atoms with Gasteiger partial charge in [0.2, 0.25) is 0 Å². The number of aromatic nitrogens is 2. The van der Waals surface area contributed by atoms with Gasteiger partial charge in [-0.3, -0.25) is 4.68 Å². The molecular formula is C21H31ClN4. The van der Waals surface area contributed by atoms with Gasteiger partial charge in [0.05, 0.1) is 6.20 Å². The fourth-order valence-electron chi connectivity index (χ4n) is 3.92. The van der Waals surface area contributed by atoms with E-state index < -0.39 is 0 Å². The predicted molar refractivity (Wildman–Crippen MR) is 109 cm³/mol. The second-order valence-corrected chi connectivity index (χ2v) is 8.02. The fraction of sp³-hybridized carbons (Fsp3) is 0.571. The number of piperidine rings is 1. The number of halogens is 1. The molecule has 0 N–H and O–H groups in total. The van der Waals surface area contributed by atoms with Gasteiger partial charge in [-0.25, -0.2) is 0 Å². The van der Waals surface area contributed by atoms with Gasteiger partial charge in [-0.05, 0) is 63.4 Å². The first kappa shape index (κ1) is 19.4. The Labute approximate surface area is 162 Å². The second-order valence-electron chi connectivity index (χ2n) is 7.59. The Morgan fingerprint density at radius 1 is 1.23 bits per heavy atom. The standard InChI is InChI=1S/C21H31ClN4/c1-3-26-17-20(13-23-26)15-24(2)14-19-5-4-11-25(16-19)12-10-18-6-8-21(22)9-7-18/h6-9,13,17,19H,3-5,10-12,14-16H2,1-2H3. The van der Waals surface area contributed by atoms with Crippen LogP contribution in [0.1, 0.15) is 30.9 Å². The summed E-state index contributed by atoms with van der Waals surface area (Å²) in [5, 5.41) is 5.20. The third kappa shape index (κ3) is 5.83. The van der Waals surface area contributed by atoms with Crippen molar-refractivity contribution in [3.8, 4) is 0 Å². The van der Waals surface area contributed by atoms with E-state index in [1.165, 1.54) is 37.1 Å². The van der Waals surface area contributed by atoms with Gasteiger partial charge in [-0.2, -0.15) is 5.10 Å². The molecule has 1 aliphatic heterocycles. The molecular weight excluding hydrogens is 344 g/mol. The van der Waals surface area contributed by atoms with Crippen LogP contribution in [0.3, 0.4) is 0 Å². The van der Waals surface area contributed by atoms with Gasteiger partial charge in [-0.1, -0.05) is 23.7 Å². The van der Waals surface area contributed by atoms with Crippen molar-refractivity contribution in [3.63, 3.8) is 0 Å². The Balaban J connectivity index is 1.43. The van der Waals surface area contributed by atoms with Crippen LogP contribution in [0.4, 0.5) is 0 Å². The van der Waals surface area contributed by atoms with E-state index in [2.05, 4.69) is 47.2 Å². The van der Waals surface area contributed by atoms with Gasteiger partial charge in [0.1, 0.15) is 0 Å². The number of likely N-dealkylation sites (tertiary alicyclic amines) is 1. The molecule has 3 rings (SSSR count). The maximum atomic E-state index is 5.98. The normalized spacial score (nSPS) is 18.5. The molecule has 0 bridgehead atoms. The number of hydrogen-bond donors (Lipinski definition) is 0. The SMILES string of the molecule is CCn1cc(CN(C)CC2CCCN(CCc3ccc(Cl)cc3)C2)cn1. The topological polar surface area (TPSA) is 24.3 Å². The van der Waals surface area contributed by atoms with Gasteiger partial charge in [-0.15, -0.1) is 0 Å². The Morgan fingerprint density at radius 3 is 2.77 bits per heavy atom. The van der Waals surface area contributed by atoms with Crippen LogP contribution in [-0.2, 0) is 19.5 Å². The highest BCUT2D eigenvalue weighted by Crippen LogP contribution is 2.19. The monoisotopic (exact) mass is 374 g/mol. The number of hydrogen-bond acceptors (Lipinski definition) is 3. The number of nitrogens with zero attached hydrogens (tertiary/aromatic N) is 4. The first-order chi connectivity index (χ1) is 12.6. The Morgan fingerprint density at radius 2 is 2.04 bits per heavy atom. The molecule has 0 radical (unpaired) electrons. The van der Waals surface area contributed by atoms with E-state index in [9.17, 15) is 0 Å². The van der Waals surface area contributed by atoms with Crippen molar-refractivity contribution in [2.75, 3.05) is 33.2 Å². The van der Waals surface area contributed by atoms with Crippen molar-refractivity contribution in [2.45, 2.75) is 39.3 Å². The summed E-state index contributed by atoms with van der Waals surface area (Å²) in [5.74, 6) is 0.764. The van der Waals surface area contributed by atoms with Gasteiger partial charge >= 0.3 is 0 Å². The van der Waals surface area contributed by atoms with Crippen molar-refractivity contribution < 1.29 is 0 Å². The molecule has 0 amide bonds. The molecule has 2 heterocycles. The molecule has 1 aromatic heterocycles. The maximum absolute atomic E-state index is 5.98. The molecule has 1 unspecified atom stereocenters. The number of benzene rings is 1. The summed E-state index contributed by atoms with van der Waals surface area (Å²) in [6.07, 6.45) is 7.92. The van der Waals surface area contributed by atoms with Crippen LogP contribution < -0.4 is 0 Å². The Hall–Kier alpha value is -1.36. The minimum Gasteiger partial charge on any atom is -0.303 e. The molecule has 0 saturated carbocycles. The summed E-state index contributed by atoms with van der Waals surface area (Å²) < 4.78 is 2.00. The van der Waals surface area contributed by atoms with Crippen molar-refractivity contribution in [2.24, 2.45) is 5.92 Å². The highest BCUT2D eigenvalue weighted by Gasteiger charge is 2.21. The first-order valence-electron chi connectivity index (χ1n) is 9.79. The van der Waals surface area contributed by atoms with Gasteiger partial charge in [0.15, 0.2) is 0 Å².